The number of nitrogens with one attached hydrogen (secondary N) is 4. The molecule has 4 aromatic carbocycles. The van der Waals surface area contributed by atoms with E-state index >= 15 is 0 Å². The molecular formula is C90H134N8O14Si2. The predicted octanol–water partition coefficient (Wildman–Crippen LogP) is 17.5. The zero-order valence-electron chi connectivity index (χ0n) is 73.1. The summed E-state index contributed by atoms with van der Waals surface area (Å²) in [7, 11) is -4.84. The lowest BCUT2D eigenvalue weighted by Crippen LogP contribution is -2.60. The maximum absolute atomic E-state index is 14.5. The molecule has 0 aliphatic carbocycles. The minimum absolute atomic E-state index is 0.0390. The van der Waals surface area contributed by atoms with Gasteiger partial charge in [-0.3, -0.25) is 34.0 Å². The van der Waals surface area contributed by atoms with E-state index in [0.29, 0.717) is 85.1 Å². The number of Topliss-reactive ketones (excluding diaryl/α,β-unsaturated/α-hetero) is 1. The van der Waals surface area contributed by atoms with Crippen LogP contribution in [0.3, 0.4) is 0 Å². The molecule has 6 heterocycles. The molecule has 4 aliphatic rings. The summed E-state index contributed by atoms with van der Waals surface area (Å²) in [6.07, 6.45) is 4.68. The van der Waals surface area contributed by atoms with Crippen molar-refractivity contribution in [1.29, 1.82) is 0 Å². The molecule has 4 aliphatic heterocycles. The van der Waals surface area contributed by atoms with Crippen LogP contribution in [-0.2, 0) is 79.7 Å². The van der Waals surface area contributed by atoms with Crippen LogP contribution in [0.25, 0.3) is 44.1 Å². The van der Waals surface area contributed by atoms with E-state index in [1.165, 1.54) is 10.0 Å². The van der Waals surface area contributed by atoms with E-state index in [4.69, 9.17) is 27.8 Å². The van der Waals surface area contributed by atoms with Crippen LogP contribution in [0.4, 0.5) is 9.59 Å². The number of cyclic esters (lactones) is 2. The third-order valence-corrected chi connectivity index (χ3v) is 36.0. The molecule has 114 heavy (non-hydrogen) atoms. The molecule has 0 radical (unpaired) electrons. The van der Waals surface area contributed by atoms with Crippen molar-refractivity contribution < 1.29 is 66.5 Å². The number of carbonyl (C=O) groups excluding carboxylic acids is 7. The van der Waals surface area contributed by atoms with Gasteiger partial charge < -0.3 is 52.7 Å². The molecule has 626 valence electrons. The Balaban J connectivity index is 0.000000261. The second-order valence-electron chi connectivity index (χ2n) is 37.9. The van der Waals surface area contributed by atoms with Crippen LogP contribution >= 0.6 is 0 Å². The second kappa shape index (κ2) is 35.8. The Morgan fingerprint density at radius 3 is 1.21 bits per heavy atom. The van der Waals surface area contributed by atoms with Crippen LogP contribution in [0.2, 0.25) is 33.2 Å². The number of ether oxygens (including phenoxy) is 4. The highest BCUT2D eigenvalue weighted by Gasteiger charge is 2.49. The smallest absolute Gasteiger partial charge is 0.408 e. The van der Waals surface area contributed by atoms with Gasteiger partial charge in [0, 0.05) is 90.5 Å². The Morgan fingerprint density at radius 2 is 0.868 bits per heavy atom. The quantitative estimate of drug-likeness (QED) is 0.0343. The lowest BCUT2D eigenvalue weighted by atomic mass is 9.80. The molecule has 7 atom stereocenters. The number of hydrazine groups is 2. The summed E-state index contributed by atoms with van der Waals surface area (Å²) in [5.74, 6) is -0.172. The van der Waals surface area contributed by atoms with E-state index in [-0.39, 0.29) is 55.5 Å². The van der Waals surface area contributed by atoms with Gasteiger partial charge in [-0.2, -0.15) is 0 Å². The monoisotopic (exact) mass is 1610 g/mol. The van der Waals surface area contributed by atoms with Crippen molar-refractivity contribution in [2.75, 3.05) is 26.3 Å². The number of hydrogen-bond donors (Lipinski definition) is 5. The summed E-state index contributed by atoms with van der Waals surface area (Å²) in [4.78, 5) is 95.5. The number of aliphatic hydroxyl groups excluding tert-OH is 1. The first kappa shape index (κ1) is 89.9. The van der Waals surface area contributed by atoms with Gasteiger partial charge in [-0.1, -0.05) is 147 Å². The summed E-state index contributed by atoms with van der Waals surface area (Å²) < 4.78 is 42.1. The van der Waals surface area contributed by atoms with Crippen LogP contribution in [0.15, 0.2) is 85.2 Å². The van der Waals surface area contributed by atoms with Crippen molar-refractivity contribution in [2.24, 2.45) is 11.8 Å². The third kappa shape index (κ3) is 20.5. The molecule has 2 aromatic heterocycles. The largest absolute Gasteiger partial charge is 0.543 e. The van der Waals surface area contributed by atoms with E-state index in [0.717, 1.165) is 77.8 Å². The van der Waals surface area contributed by atoms with E-state index in [9.17, 15) is 38.7 Å². The first-order chi connectivity index (χ1) is 53.1. The molecule has 5 N–H and O–H groups in total. The first-order valence-corrected chi connectivity index (χ1v) is 45.9. The van der Waals surface area contributed by atoms with Crippen LogP contribution in [0.5, 0.6) is 11.5 Å². The maximum Gasteiger partial charge on any atom is 0.408 e. The lowest BCUT2D eigenvalue weighted by Gasteiger charge is -2.42. The van der Waals surface area contributed by atoms with Gasteiger partial charge in [-0.15, -0.1) is 0 Å². The van der Waals surface area contributed by atoms with Gasteiger partial charge in [-0.05, 0) is 209 Å². The number of benzene rings is 4. The van der Waals surface area contributed by atoms with Gasteiger partial charge in [0.15, 0.2) is 0 Å². The fraction of sp³-hybridized carbons (Fsp3) is 0.611. The SMILES string of the molecule is CC(=O)C(C)(C)c1cn2c3cc(ccc13)-c1cc(cc(O[Si](C(C)C)(C(C)C)C(C)C)c1)C[C@H](NC(=O)OC(C)(C)C)C(=O)N1CCC[C@H](N1)C(=O)OC[C@@H](C)C2.CC(O)C(C)(C)c1cn2c3cc(ccc13)-c1cc(cc(O[Si](C(C)C)(C(C)C)C(C)C)c1)C[C@H](NC(=O)OC(C)(C)C)C(=O)N1CCC[C@H](N1)C(=O)OC[C@@H](C)C2. The number of fused-ring (bicyclic) bond motifs is 12. The molecule has 4 amide bonds. The maximum atomic E-state index is 14.5. The Labute approximate surface area is 680 Å². The Bertz CT molecular complexity index is 4420. The highest BCUT2D eigenvalue weighted by atomic mass is 28.4. The van der Waals surface area contributed by atoms with Crippen LogP contribution in [0.1, 0.15) is 228 Å². The average molecular weight is 1610 g/mol. The average Bonchev–Trinajstić information content (AvgIpc) is 1.56. The van der Waals surface area contributed by atoms with Gasteiger partial charge in [0.2, 0.25) is 0 Å². The van der Waals surface area contributed by atoms with Gasteiger partial charge in [-0.25, -0.2) is 20.4 Å². The molecule has 10 rings (SSSR count). The van der Waals surface area contributed by atoms with Gasteiger partial charge in [0.05, 0.1) is 24.7 Å². The fourth-order valence-corrected chi connectivity index (χ4v) is 28.1. The Morgan fingerprint density at radius 1 is 0.509 bits per heavy atom. The number of carbonyl (C=O) groups is 7. The summed E-state index contributed by atoms with van der Waals surface area (Å²) in [6.45, 7) is 55.6. The van der Waals surface area contributed by atoms with Crippen molar-refractivity contribution in [3.05, 3.63) is 107 Å². The normalized spacial score (nSPS) is 20.5. The number of rotatable bonds is 16. The van der Waals surface area contributed by atoms with Gasteiger partial charge in [0.1, 0.15) is 52.7 Å². The number of aromatic nitrogens is 2. The van der Waals surface area contributed by atoms with E-state index in [1.807, 2.05) is 39.8 Å². The van der Waals surface area contributed by atoms with Crippen molar-refractivity contribution in [1.82, 2.24) is 40.6 Å². The first-order valence-electron chi connectivity index (χ1n) is 41.7. The molecular weight excluding hydrogens is 1470 g/mol. The molecule has 0 spiro atoms. The molecule has 22 nitrogen and oxygen atoms in total. The van der Waals surface area contributed by atoms with Crippen molar-refractivity contribution in [2.45, 2.75) is 317 Å². The van der Waals surface area contributed by atoms with Crippen molar-refractivity contribution in [3.63, 3.8) is 0 Å². The molecule has 2 fully saturated rings. The molecule has 0 saturated carbocycles. The number of hydrogen-bond acceptors (Lipinski definition) is 16. The van der Waals surface area contributed by atoms with E-state index in [2.05, 4.69) is 208 Å². The number of aliphatic hydroxyl groups is 1. The number of amides is 4. The van der Waals surface area contributed by atoms with Crippen LogP contribution in [0, 0.1) is 11.8 Å². The molecule has 6 aromatic rings. The van der Waals surface area contributed by atoms with Crippen LogP contribution < -0.4 is 30.3 Å². The van der Waals surface area contributed by atoms with Gasteiger partial charge >= 0.3 is 24.1 Å². The van der Waals surface area contributed by atoms with Crippen molar-refractivity contribution in [3.8, 4) is 33.8 Å². The number of nitrogens with zero attached hydrogens (tertiary/aromatic N) is 4. The number of ketones is 1. The second-order valence-corrected chi connectivity index (χ2v) is 48.7. The molecule has 12 bridgehead atoms. The lowest BCUT2D eigenvalue weighted by molar-refractivity contribution is -0.155. The highest BCUT2D eigenvalue weighted by Crippen LogP contribution is 2.47. The van der Waals surface area contributed by atoms with E-state index < -0.39 is 93.1 Å². The summed E-state index contributed by atoms with van der Waals surface area (Å²) >= 11 is 0. The summed E-state index contributed by atoms with van der Waals surface area (Å²) in [5.41, 5.74) is 14.7. The topological polar surface area (TPSA) is 260 Å². The fourth-order valence-electron chi connectivity index (χ4n) is 17.6. The summed E-state index contributed by atoms with van der Waals surface area (Å²) in [6, 6.07) is 21.6. The minimum atomic E-state index is -2.42. The third-order valence-electron chi connectivity index (χ3n) is 24.0. The zero-order chi connectivity index (χ0) is 84.4. The molecule has 1 unspecified atom stereocenters. The van der Waals surface area contributed by atoms with Crippen LogP contribution in [-0.4, -0.2) is 150 Å². The number of esters is 2. The Hall–Kier alpha value is -8.04. The highest BCUT2D eigenvalue weighted by molar-refractivity contribution is 6.78. The molecule has 2 saturated heterocycles. The van der Waals surface area contributed by atoms with E-state index in [1.54, 1.807) is 48.5 Å². The summed E-state index contributed by atoms with van der Waals surface area (Å²) in [5, 5.41) is 21.6. The molecule has 24 heteroatoms. The van der Waals surface area contributed by atoms with Crippen molar-refractivity contribution >= 4 is 80.2 Å². The number of alkyl carbamates (subject to hydrolysis) is 2. The predicted molar refractivity (Wildman–Crippen MR) is 456 cm³/mol. The Kier molecular flexibility index (Phi) is 28.2. The van der Waals surface area contributed by atoms with Gasteiger partial charge in [0.25, 0.3) is 28.4 Å². The zero-order valence-corrected chi connectivity index (χ0v) is 75.1. The standard InChI is InChI=1S/C45H68N4O7Si.C45H66N4O7Si/c2*1-27(2)57(28(3)4,29(5)6)56-35-20-32-19-34(22-35)33-16-17-36-37(45(12,13)31(8)50)25-48(40(36)23-33)24-30(7)26-54-42(52)38-15-14-18-49(47-38)41(51)39(21-32)46-43(53)55-44(9,10)11/h16-17,19-20,22-23,25,27-31,38-39,47,50H,14-15,18,21,24,26H2,1-13H3,(H,46,53);16-17,19-20,22-23,25,27-30,38-39,47H,14-15,18,21,24,26H2,1-13H3,(H,46,53)/t30-,31?,38-,39-;30-,38-,39-/m00/s1. The minimum Gasteiger partial charge on any atom is -0.543 e.